The van der Waals surface area contributed by atoms with Gasteiger partial charge in [-0.25, -0.2) is 0 Å². The summed E-state index contributed by atoms with van der Waals surface area (Å²) in [5.41, 5.74) is 0. The van der Waals surface area contributed by atoms with Crippen LogP contribution in [0.2, 0.25) is 0 Å². The smallest absolute Gasteiger partial charge is 0.0932 e. The van der Waals surface area contributed by atoms with Crippen LogP contribution in [0.25, 0.3) is 0 Å². The molecule has 1 atom stereocenters. The maximum Gasteiger partial charge on any atom is 0.0932 e. The largest absolute Gasteiger partial charge is 0.382 e. The molecule has 1 unspecified atom stereocenters. The lowest BCUT2D eigenvalue weighted by atomic mass is 10.1. The number of nitrogens with one attached hydrogen (secondary N) is 1. The van der Waals surface area contributed by atoms with Crippen LogP contribution < -0.4 is 5.32 Å². The van der Waals surface area contributed by atoms with Crippen molar-refractivity contribution in [2.45, 2.75) is 51.7 Å². The predicted octanol–water partition coefficient (Wildman–Crippen LogP) is 2.21. The van der Waals surface area contributed by atoms with Crippen molar-refractivity contribution in [2.24, 2.45) is 5.92 Å². The number of hydrogen-bond donors (Lipinski definition) is 1. The number of methoxy groups -OCH3 is 1. The minimum atomic E-state index is 0.220. The first kappa shape index (κ1) is 13.9. The van der Waals surface area contributed by atoms with E-state index in [2.05, 4.69) is 19.2 Å². The minimum absolute atomic E-state index is 0.220. The van der Waals surface area contributed by atoms with Crippen molar-refractivity contribution in [2.75, 3.05) is 26.9 Å². The summed E-state index contributed by atoms with van der Waals surface area (Å²) >= 11 is 0. The average Bonchev–Trinajstić information content (AvgIpc) is 3.04. The van der Waals surface area contributed by atoms with E-state index in [9.17, 15) is 0 Å². The first-order valence-electron chi connectivity index (χ1n) is 6.56. The van der Waals surface area contributed by atoms with Gasteiger partial charge in [-0.15, -0.1) is 0 Å². The van der Waals surface area contributed by atoms with Crippen LogP contribution in [0.5, 0.6) is 0 Å². The van der Waals surface area contributed by atoms with Crippen LogP contribution in [-0.2, 0) is 9.47 Å². The van der Waals surface area contributed by atoms with Crippen LogP contribution >= 0.6 is 0 Å². The number of rotatable bonds is 10. The Kier molecular flexibility index (Phi) is 7.01. The highest BCUT2D eigenvalue weighted by atomic mass is 16.5. The van der Waals surface area contributed by atoms with E-state index in [1.165, 1.54) is 19.3 Å². The van der Waals surface area contributed by atoms with Crippen LogP contribution in [-0.4, -0.2) is 39.0 Å². The van der Waals surface area contributed by atoms with E-state index in [4.69, 9.17) is 9.47 Å². The third-order valence-corrected chi connectivity index (χ3v) is 2.84. The van der Waals surface area contributed by atoms with Gasteiger partial charge in [0, 0.05) is 26.3 Å². The molecule has 1 saturated carbocycles. The fourth-order valence-electron chi connectivity index (χ4n) is 1.68. The van der Waals surface area contributed by atoms with Crippen molar-refractivity contribution >= 4 is 0 Å². The summed E-state index contributed by atoms with van der Waals surface area (Å²) in [5.74, 6) is 0.772. The molecular weight excluding hydrogens is 202 g/mol. The van der Waals surface area contributed by atoms with Gasteiger partial charge in [0.25, 0.3) is 0 Å². The summed E-state index contributed by atoms with van der Waals surface area (Å²) in [4.78, 5) is 0. The molecule has 0 amide bonds. The van der Waals surface area contributed by atoms with Crippen molar-refractivity contribution < 1.29 is 9.47 Å². The summed E-state index contributed by atoms with van der Waals surface area (Å²) in [6.07, 6.45) is 5.27. The zero-order chi connectivity index (χ0) is 11.8. The molecule has 1 fully saturated rings. The highest BCUT2D eigenvalue weighted by Crippen LogP contribution is 2.18. The Bertz CT molecular complexity index is 169. The molecule has 0 bridgehead atoms. The molecule has 0 aromatic rings. The topological polar surface area (TPSA) is 30.5 Å². The summed E-state index contributed by atoms with van der Waals surface area (Å²) < 4.78 is 11.0. The zero-order valence-corrected chi connectivity index (χ0v) is 11.0. The molecule has 0 aromatic heterocycles. The lowest BCUT2D eigenvalue weighted by molar-refractivity contribution is -0.00320. The second-order valence-corrected chi connectivity index (χ2v) is 5.17. The standard InChI is InChI=1S/C13H27NO2/c1-11(2)5-4-8-16-13(10-15-3)9-14-12-6-7-12/h11-14H,4-10H2,1-3H3. The zero-order valence-electron chi connectivity index (χ0n) is 11.0. The van der Waals surface area contributed by atoms with Crippen molar-refractivity contribution in [3.63, 3.8) is 0 Å². The van der Waals surface area contributed by atoms with E-state index >= 15 is 0 Å². The Morgan fingerprint density at radius 2 is 2.06 bits per heavy atom. The van der Waals surface area contributed by atoms with Gasteiger partial charge < -0.3 is 14.8 Å². The number of hydrogen-bond acceptors (Lipinski definition) is 3. The van der Waals surface area contributed by atoms with E-state index < -0.39 is 0 Å². The van der Waals surface area contributed by atoms with Crippen molar-refractivity contribution in [1.82, 2.24) is 5.32 Å². The molecular formula is C13H27NO2. The van der Waals surface area contributed by atoms with Gasteiger partial charge in [0.05, 0.1) is 12.7 Å². The van der Waals surface area contributed by atoms with Crippen molar-refractivity contribution in [1.29, 1.82) is 0 Å². The minimum Gasteiger partial charge on any atom is -0.382 e. The van der Waals surface area contributed by atoms with E-state index in [0.29, 0.717) is 6.61 Å². The van der Waals surface area contributed by atoms with E-state index in [1.807, 2.05) is 0 Å². The Morgan fingerprint density at radius 3 is 2.62 bits per heavy atom. The molecule has 3 heteroatoms. The third kappa shape index (κ3) is 7.20. The van der Waals surface area contributed by atoms with Gasteiger partial charge in [-0.05, 0) is 31.6 Å². The van der Waals surface area contributed by atoms with Crippen molar-refractivity contribution in [3.05, 3.63) is 0 Å². The van der Waals surface area contributed by atoms with Gasteiger partial charge in [-0.1, -0.05) is 13.8 Å². The van der Waals surface area contributed by atoms with Crippen LogP contribution in [0.3, 0.4) is 0 Å². The quantitative estimate of drug-likeness (QED) is 0.583. The molecule has 1 aliphatic rings. The van der Waals surface area contributed by atoms with Gasteiger partial charge >= 0.3 is 0 Å². The summed E-state index contributed by atoms with van der Waals surface area (Å²) in [5, 5.41) is 3.49. The lowest BCUT2D eigenvalue weighted by Crippen LogP contribution is -2.34. The summed E-state index contributed by atoms with van der Waals surface area (Å²) in [6, 6.07) is 0.749. The fraction of sp³-hybridized carbons (Fsp3) is 1.00. The molecule has 96 valence electrons. The van der Waals surface area contributed by atoms with E-state index in [-0.39, 0.29) is 6.10 Å². The highest BCUT2D eigenvalue weighted by molar-refractivity contribution is 4.82. The highest BCUT2D eigenvalue weighted by Gasteiger charge is 2.21. The van der Waals surface area contributed by atoms with Crippen LogP contribution in [0.15, 0.2) is 0 Å². The molecule has 1 N–H and O–H groups in total. The molecule has 0 radical (unpaired) electrons. The molecule has 0 aliphatic heterocycles. The molecule has 0 aromatic carbocycles. The SMILES string of the molecule is COCC(CNC1CC1)OCCCC(C)C. The second-order valence-electron chi connectivity index (χ2n) is 5.17. The van der Waals surface area contributed by atoms with Gasteiger partial charge in [0.2, 0.25) is 0 Å². The van der Waals surface area contributed by atoms with Gasteiger partial charge in [0.15, 0.2) is 0 Å². The molecule has 1 rings (SSSR count). The fourth-order valence-corrected chi connectivity index (χ4v) is 1.68. The molecule has 1 aliphatic carbocycles. The van der Waals surface area contributed by atoms with Crippen LogP contribution in [0.4, 0.5) is 0 Å². The molecule has 16 heavy (non-hydrogen) atoms. The van der Waals surface area contributed by atoms with Gasteiger partial charge in [-0.2, -0.15) is 0 Å². The molecule has 0 spiro atoms. The number of ether oxygens (including phenoxy) is 2. The van der Waals surface area contributed by atoms with Crippen molar-refractivity contribution in [3.8, 4) is 0 Å². The Balaban J connectivity index is 2.01. The Hall–Kier alpha value is -0.120. The molecule has 3 nitrogen and oxygen atoms in total. The Morgan fingerprint density at radius 1 is 1.31 bits per heavy atom. The molecule has 0 heterocycles. The van der Waals surface area contributed by atoms with E-state index in [1.54, 1.807) is 7.11 Å². The first-order valence-corrected chi connectivity index (χ1v) is 6.56. The maximum atomic E-state index is 5.82. The second kappa shape index (κ2) is 8.04. The summed E-state index contributed by atoms with van der Waals surface area (Å²) in [7, 11) is 1.74. The van der Waals surface area contributed by atoms with E-state index in [0.717, 1.165) is 31.5 Å². The van der Waals surface area contributed by atoms with Crippen LogP contribution in [0, 0.1) is 5.92 Å². The predicted molar refractivity (Wildman–Crippen MR) is 66.7 cm³/mol. The molecule has 0 saturated heterocycles. The summed E-state index contributed by atoms with van der Waals surface area (Å²) in [6.45, 7) is 6.99. The normalized spacial score (nSPS) is 18.0. The van der Waals surface area contributed by atoms with Gasteiger partial charge in [0.1, 0.15) is 0 Å². The monoisotopic (exact) mass is 229 g/mol. The lowest BCUT2D eigenvalue weighted by Gasteiger charge is -2.18. The average molecular weight is 229 g/mol. The Labute approximate surface area is 99.9 Å². The van der Waals surface area contributed by atoms with Gasteiger partial charge in [-0.3, -0.25) is 0 Å². The third-order valence-electron chi connectivity index (χ3n) is 2.84. The first-order chi connectivity index (χ1) is 7.72. The maximum absolute atomic E-state index is 5.82. The van der Waals surface area contributed by atoms with Crippen LogP contribution in [0.1, 0.15) is 39.5 Å².